The van der Waals surface area contributed by atoms with Crippen LogP contribution < -0.4 is 5.73 Å². The first-order chi connectivity index (χ1) is 13.1. The minimum atomic E-state index is -0.491. The molecule has 0 radical (unpaired) electrons. The highest BCUT2D eigenvalue weighted by atomic mass is 35.5. The lowest BCUT2D eigenvalue weighted by atomic mass is 10.1. The lowest BCUT2D eigenvalue weighted by Gasteiger charge is -2.33. The number of nitrogens with zero attached hydrogens (tertiary/aromatic N) is 3. The lowest BCUT2D eigenvalue weighted by Crippen LogP contribution is -2.51. The molecule has 7 nitrogen and oxygen atoms in total. The SMILES string of the molecule is Cl.N#Cc1ccc(CN2CCN(C(=O)OCc3ccccc3)CC2=O)cc1N. The highest BCUT2D eigenvalue weighted by molar-refractivity contribution is 5.85. The van der Waals surface area contributed by atoms with Crippen LogP contribution >= 0.6 is 12.4 Å². The van der Waals surface area contributed by atoms with Crippen molar-refractivity contribution in [2.75, 3.05) is 25.4 Å². The standard InChI is InChI=1S/C20H20N4O3.ClH/c21-11-17-7-6-16(10-18(17)22)12-23-8-9-24(13-19(23)25)20(26)27-14-15-4-2-1-3-5-15;/h1-7,10H,8-9,12-14,22H2;1H. The largest absolute Gasteiger partial charge is 0.445 e. The van der Waals surface area contributed by atoms with E-state index in [9.17, 15) is 9.59 Å². The highest BCUT2D eigenvalue weighted by Crippen LogP contribution is 2.16. The van der Waals surface area contributed by atoms with E-state index in [1.807, 2.05) is 36.4 Å². The van der Waals surface area contributed by atoms with Crippen molar-refractivity contribution in [3.05, 3.63) is 65.2 Å². The van der Waals surface area contributed by atoms with Crippen molar-refractivity contribution in [1.29, 1.82) is 5.26 Å². The van der Waals surface area contributed by atoms with E-state index in [4.69, 9.17) is 15.7 Å². The number of benzene rings is 2. The van der Waals surface area contributed by atoms with E-state index in [-0.39, 0.29) is 31.5 Å². The fourth-order valence-corrected chi connectivity index (χ4v) is 2.87. The van der Waals surface area contributed by atoms with Crippen LogP contribution in [-0.2, 0) is 22.7 Å². The van der Waals surface area contributed by atoms with Gasteiger partial charge < -0.3 is 15.4 Å². The molecule has 8 heteroatoms. The number of halogens is 1. The minimum absolute atomic E-state index is 0. The number of hydrogen-bond acceptors (Lipinski definition) is 5. The van der Waals surface area contributed by atoms with Crippen molar-refractivity contribution >= 4 is 30.1 Å². The summed E-state index contributed by atoms with van der Waals surface area (Å²) in [5.74, 6) is -0.152. The molecule has 1 fully saturated rings. The Hall–Kier alpha value is -3.24. The maximum Gasteiger partial charge on any atom is 0.410 e. The Bertz CT molecular complexity index is 883. The summed E-state index contributed by atoms with van der Waals surface area (Å²) in [4.78, 5) is 27.7. The third-order valence-corrected chi connectivity index (χ3v) is 4.39. The van der Waals surface area contributed by atoms with E-state index in [1.54, 1.807) is 23.1 Å². The zero-order valence-corrected chi connectivity index (χ0v) is 16.0. The van der Waals surface area contributed by atoms with E-state index in [0.29, 0.717) is 30.9 Å². The summed E-state index contributed by atoms with van der Waals surface area (Å²) in [6.45, 7) is 1.38. The number of nitriles is 1. The molecule has 1 aliphatic rings. The van der Waals surface area contributed by atoms with E-state index < -0.39 is 6.09 Å². The molecule has 1 heterocycles. The molecule has 0 unspecified atom stereocenters. The summed E-state index contributed by atoms with van der Waals surface area (Å²) in [5, 5.41) is 8.93. The third-order valence-electron chi connectivity index (χ3n) is 4.39. The second-order valence-corrected chi connectivity index (χ2v) is 6.31. The van der Waals surface area contributed by atoms with Gasteiger partial charge in [-0.2, -0.15) is 5.26 Å². The molecule has 2 amide bonds. The van der Waals surface area contributed by atoms with Crippen LogP contribution in [0.4, 0.5) is 10.5 Å². The molecule has 0 bridgehead atoms. The Morgan fingerprint density at radius 3 is 2.54 bits per heavy atom. The van der Waals surface area contributed by atoms with Crippen LogP contribution in [0, 0.1) is 11.3 Å². The molecular weight excluding hydrogens is 380 g/mol. The number of rotatable bonds is 4. The van der Waals surface area contributed by atoms with E-state index in [2.05, 4.69) is 0 Å². The van der Waals surface area contributed by atoms with Crippen molar-refractivity contribution in [2.24, 2.45) is 0 Å². The van der Waals surface area contributed by atoms with Gasteiger partial charge in [0.25, 0.3) is 0 Å². The smallest absolute Gasteiger partial charge is 0.410 e. The molecule has 0 aliphatic carbocycles. The molecule has 146 valence electrons. The second kappa shape index (κ2) is 9.62. The molecule has 0 aromatic heterocycles. The number of piperazine rings is 1. The van der Waals surface area contributed by atoms with Gasteiger partial charge in [-0.3, -0.25) is 9.69 Å². The number of amides is 2. The minimum Gasteiger partial charge on any atom is -0.445 e. The molecular formula is C20H21ClN4O3. The summed E-state index contributed by atoms with van der Waals surface area (Å²) in [6.07, 6.45) is -0.491. The number of nitrogen functional groups attached to an aromatic ring is 1. The topological polar surface area (TPSA) is 99.7 Å². The molecule has 2 aromatic carbocycles. The van der Waals surface area contributed by atoms with Gasteiger partial charge in [0, 0.05) is 25.3 Å². The van der Waals surface area contributed by atoms with Crippen LogP contribution in [0.2, 0.25) is 0 Å². The zero-order chi connectivity index (χ0) is 19.2. The molecule has 1 saturated heterocycles. The number of carbonyl (C=O) groups excluding carboxylic acids is 2. The summed E-state index contributed by atoms with van der Waals surface area (Å²) >= 11 is 0. The molecule has 0 saturated carbocycles. The van der Waals surface area contributed by atoms with Gasteiger partial charge in [-0.1, -0.05) is 36.4 Å². The molecule has 2 N–H and O–H groups in total. The Morgan fingerprint density at radius 2 is 1.89 bits per heavy atom. The maximum atomic E-state index is 12.4. The lowest BCUT2D eigenvalue weighted by molar-refractivity contribution is -0.136. The van der Waals surface area contributed by atoms with Crippen molar-refractivity contribution < 1.29 is 14.3 Å². The van der Waals surface area contributed by atoms with Crippen molar-refractivity contribution in [2.45, 2.75) is 13.2 Å². The molecule has 0 spiro atoms. The molecule has 1 aliphatic heterocycles. The Balaban J connectivity index is 0.00000280. The van der Waals surface area contributed by atoms with Gasteiger partial charge in [-0.25, -0.2) is 4.79 Å². The van der Waals surface area contributed by atoms with Gasteiger partial charge >= 0.3 is 6.09 Å². The van der Waals surface area contributed by atoms with Gasteiger partial charge in [0.15, 0.2) is 0 Å². The summed E-state index contributed by atoms with van der Waals surface area (Å²) in [6, 6.07) is 16.5. The van der Waals surface area contributed by atoms with Crippen LogP contribution in [0.15, 0.2) is 48.5 Å². The van der Waals surface area contributed by atoms with Crippen LogP contribution in [0.25, 0.3) is 0 Å². The van der Waals surface area contributed by atoms with Gasteiger partial charge in [0.05, 0.1) is 5.56 Å². The summed E-state index contributed by atoms with van der Waals surface area (Å²) in [5.41, 5.74) is 8.37. The van der Waals surface area contributed by atoms with E-state index in [0.717, 1.165) is 11.1 Å². The fraction of sp³-hybridized carbons (Fsp3) is 0.250. The van der Waals surface area contributed by atoms with Gasteiger partial charge in [-0.15, -0.1) is 12.4 Å². The molecule has 2 aromatic rings. The van der Waals surface area contributed by atoms with Crippen LogP contribution in [-0.4, -0.2) is 41.4 Å². The van der Waals surface area contributed by atoms with Gasteiger partial charge in [-0.05, 0) is 23.3 Å². The maximum absolute atomic E-state index is 12.4. The number of carbonyl (C=O) groups is 2. The first kappa shape index (κ1) is 21.1. The number of anilines is 1. The number of hydrogen-bond donors (Lipinski definition) is 1. The predicted molar refractivity (Wildman–Crippen MR) is 106 cm³/mol. The third kappa shape index (κ3) is 5.15. The van der Waals surface area contributed by atoms with Gasteiger partial charge in [0.2, 0.25) is 5.91 Å². The zero-order valence-electron chi connectivity index (χ0n) is 15.2. The normalized spacial score (nSPS) is 13.5. The summed E-state index contributed by atoms with van der Waals surface area (Å²) in [7, 11) is 0. The van der Waals surface area contributed by atoms with Crippen LogP contribution in [0.1, 0.15) is 16.7 Å². The van der Waals surface area contributed by atoms with Crippen LogP contribution in [0.5, 0.6) is 0 Å². The fourth-order valence-electron chi connectivity index (χ4n) is 2.87. The predicted octanol–water partition coefficient (Wildman–Crippen LogP) is 2.54. The first-order valence-electron chi connectivity index (χ1n) is 8.58. The Morgan fingerprint density at radius 1 is 1.14 bits per heavy atom. The highest BCUT2D eigenvalue weighted by Gasteiger charge is 2.28. The van der Waals surface area contributed by atoms with Crippen LogP contribution in [0.3, 0.4) is 0 Å². The van der Waals surface area contributed by atoms with Gasteiger partial charge in [0.1, 0.15) is 19.2 Å². The number of ether oxygens (including phenoxy) is 1. The first-order valence-corrected chi connectivity index (χ1v) is 8.58. The van der Waals surface area contributed by atoms with Crippen molar-refractivity contribution in [3.63, 3.8) is 0 Å². The average Bonchev–Trinajstić information content (AvgIpc) is 2.68. The molecule has 0 atom stereocenters. The number of nitrogens with two attached hydrogens (primary N) is 1. The molecule has 3 rings (SSSR count). The second-order valence-electron chi connectivity index (χ2n) is 6.31. The average molecular weight is 401 g/mol. The quantitative estimate of drug-likeness (QED) is 0.795. The van der Waals surface area contributed by atoms with Crippen molar-refractivity contribution in [1.82, 2.24) is 9.80 Å². The Kier molecular flexibility index (Phi) is 7.24. The van der Waals surface area contributed by atoms with E-state index in [1.165, 1.54) is 4.90 Å². The Labute approximate surface area is 169 Å². The van der Waals surface area contributed by atoms with Crippen molar-refractivity contribution in [3.8, 4) is 6.07 Å². The summed E-state index contributed by atoms with van der Waals surface area (Å²) < 4.78 is 5.28. The monoisotopic (exact) mass is 400 g/mol. The van der Waals surface area contributed by atoms with E-state index >= 15 is 0 Å². The molecule has 28 heavy (non-hydrogen) atoms.